The molecule has 0 aromatic heterocycles. The number of benzene rings is 1. The van der Waals surface area contributed by atoms with Crippen molar-refractivity contribution in [2.45, 2.75) is 39.5 Å². The van der Waals surface area contributed by atoms with E-state index in [0.29, 0.717) is 18.4 Å². The Morgan fingerprint density at radius 2 is 1.90 bits per heavy atom. The summed E-state index contributed by atoms with van der Waals surface area (Å²) < 4.78 is 11.1. The van der Waals surface area contributed by atoms with Crippen LogP contribution in [0.5, 0.6) is 5.75 Å². The Kier molecular flexibility index (Phi) is 11.9. The maximum atomic E-state index is 6.06. The minimum Gasteiger partial charge on any atom is -0.493 e. The molecule has 7 heteroatoms. The number of rotatable bonds is 10. The van der Waals surface area contributed by atoms with E-state index in [-0.39, 0.29) is 29.4 Å². The number of nitrogens with one attached hydrogen (secondary N) is 1. The van der Waals surface area contributed by atoms with Gasteiger partial charge in [0.05, 0.1) is 26.4 Å². The number of ether oxygens (including phenoxy) is 2. The first-order chi connectivity index (χ1) is 13.4. The van der Waals surface area contributed by atoms with E-state index in [1.165, 1.54) is 5.56 Å². The average Bonchev–Trinajstić information content (AvgIpc) is 2.69. The lowest BCUT2D eigenvalue weighted by atomic mass is 9.85. The zero-order chi connectivity index (χ0) is 20.4. The lowest BCUT2D eigenvalue weighted by molar-refractivity contribution is 0.0376. The zero-order valence-corrected chi connectivity index (χ0v) is 20.8. The van der Waals surface area contributed by atoms with E-state index in [1.807, 2.05) is 12.1 Å². The van der Waals surface area contributed by atoms with Gasteiger partial charge in [-0.2, -0.15) is 0 Å². The molecule has 0 amide bonds. The van der Waals surface area contributed by atoms with Crippen LogP contribution in [0.4, 0.5) is 0 Å². The van der Waals surface area contributed by atoms with E-state index in [4.69, 9.17) is 15.2 Å². The molecule has 1 saturated heterocycles. The van der Waals surface area contributed by atoms with Crippen LogP contribution in [0, 0.1) is 5.92 Å². The normalized spacial score (nSPS) is 15.8. The summed E-state index contributed by atoms with van der Waals surface area (Å²) in [4.78, 5) is 6.98. The molecule has 1 aromatic carbocycles. The standard InChI is InChI=1S/C22H38N4O2.HI/c1-18(2)16-28-20-8-6-19(7-9-20)22(3,4)17-25-21(23)24-10-5-11-26-12-14-27-15-13-26;/h6-9,18H,5,10-17H2,1-4H3,(H3,23,24,25);1H. The van der Waals surface area contributed by atoms with Gasteiger partial charge in [-0.05, 0) is 36.6 Å². The highest BCUT2D eigenvalue weighted by molar-refractivity contribution is 14.0. The van der Waals surface area contributed by atoms with Gasteiger partial charge in [-0.25, -0.2) is 0 Å². The van der Waals surface area contributed by atoms with E-state index in [2.05, 4.69) is 55.0 Å². The molecule has 0 saturated carbocycles. The van der Waals surface area contributed by atoms with Crippen molar-refractivity contribution in [3.8, 4) is 5.75 Å². The van der Waals surface area contributed by atoms with Gasteiger partial charge < -0.3 is 20.5 Å². The summed E-state index contributed by atoms with van der Waals surface area (Å²) in [6.07, 6.45) is 1.05. The van der Waals surface area contributed by atoms with Crippen molar-refractivity contribution in [2.24, 2.45) is 16.6 Å². The first-order valence-electron chi connectivity index (χ1n) is 10.4. The monoisotopic (exact) mass is 518 g/mol. The largest absolute Gasteiger partial charge is 0.493 e. The van der Waals surface area contributed by atoms with E-state index in [9.17, 15) is 0 Å². The van der Waals surface area contributed by atoms with Crippen molar-refractivity contribution in [1.82, 2.24) is 10.2 Å². The quantitative estimate of drug-likeness (QED) is 0.216. The minimum atomic E-state index is -0.0866. The predicted molar refractivity (Wildman–Crippen MR) is 132 cm³/mol. The fourth-order valence-corrected chi connectivity index (χ4v) is 3.04. The van der Waals surface area contributed by atoms with Crippen molar-refractivity contribution in [3.63, 3.8) is 0 Å². The summed E-state index contributed by atoms with van der Waals surface area (Å²) in [5, 5.41) is 3.23. The molecule has 3 N–H and O–H groups in total. The lowest BCUT2D eigenvalue weighted by Crippen LogP contribution is -2.39. The zero-order valence-electron chi connectivity index (χ0n) is 18.4. The summed E-state index contributed by atoms with van der Waals surface area (Å²) in [5.74, 6) is 1.96. The topological polar surface area (TPSA) is 72.1 Å². The lowest BCUT2D eigenvalue weighted by Gasteiger charge is -2.26. The summed E-state index contributed by atoms with van der Waals surface area (Å²) in [6.45, 7) is 15.7. The number of halogens is 1. The van der Waals surface area contributed by atoms with Gasteiger partial charge in [-0.3, -0.25) is 9.89 Å². The second kappa shape index (κ2) is 13.3. The third-order valence-electron chi connectivity index (χ3n) is 4.92. The molecule has 1 aromatic rings. The Labute approximate surface area is 193 Å². The average molecular weight is 518 g/mol. The first-order valence-corrected chi connectivity index (χ1v) is 10.4. The van der Waals surface area contributed by atoms with Gasteiger partial charge in [-0.15, -0.1) is 24.0 Å². The molecule has 1 heterocycles. The summed E-state index contributed by atoms with van der Waals surface area (Å²) >= 11 is 0. The van der Waals surface area contributed by atoms with Crippen molar-refractivity contribution < 1.29 is 9.47 Å². The summed E-state index contributed by atoms with van der Waals surface area (Å²) in [6, 6.07) is 8.32. The highest BCUT2D eigenvalue weighted by Gasteiger charge is 2.20. The van der Waals surface area contributed by atoms with E-state index >= 15 is 0 Å². The molecule has 0 bridgehead atoms. The Balaban J connectivity index is 0.00000420. The molecule has 0 atom stereocenters. The molecule has 0 radical (unpaired) electrons. The maximum absolute atomic E-state index is 6.06. The van der Waals surface area contributed by atoms with E-state index in [1.54, 1.807) is 0 Å². The molecule has 1 aliphatic heterocycles. The number of hydrogen-bond acceptors (Lipinski definition) is 4. The number of nitrogens with two attached hydrogens (primary N) is 1. The molecular weight excluding hydrogens is 479 g/mol. The number of guanidine groups is 1. The van der Waals surface area contributed by atoms with Gasteiger partial charge in [0.25, 0.3) is 0 Å². The number of aliphatic imine (C=N–C) groups is 1. The molecular formula is C22H39IN4O2. The van der Waals surface area contributed by atoms with Crippen LogP contribution in [0.2, 0.25) is 0 Å². The number of morpholine rings is 1. The molecule has 1 aliphatic rings. The third kappa shape index (κ3) is 10.00. The van der Waals surface area contributed by atoms with E-state index < -0.39 is 0 Å². The van der Waals surface area contributed by atoms with Crippen LogP contribution in [0.25, 0.3) is 0 Å². The molecule has 0 aliphatic carbocycles. The van der Waals surface area contributed by atoms with Gasteiger partial charge in [0, 0.05) is 25.0 Å². The van der Waals surface area contributed by atoms with Gasteiger partial charge in [0.1, 0.15) is 5.75 Å². The Bertz CT molecular complexity index is 599. The molecule has 0 unspecified atom stereocenters. The fourth-order valence-electron chi connectivity index (χ4n) is 3.04. The number of hydrogen-bond donors (Lipinski definition) is 2. The van der Waals surface area contributed by atoms with Crippen molar-refractivity contribution in [1.29, 1.82) is 0 Å². The van der Waals surface area contributed by atoms with Crippen molar-refractivity contribution >= 4 is 29.9 Å². The van der Waals surface area contributed by atoms with Gasteiger partial charge in [0.15, 0.2) is 5.96 Å². The molecule has 0 spiro atoms. The van der Waals surface area contributed by atoms with Gasteiger partial charge >= 0.3 is 0 Å². The smallest absolute Gasteiger partial charge is 0.188 e. The molecule has 29 heavy (non-hydrogen) atoms. The van der Waals surface area contributed by atoms with Crippen LogP contribution in [-0.2, 0) is 10.2 Å². The highest BCUT2D eigenvalue weighted by atomic mass is 127. The van der Waals surface area contributed by atoms with Crippen LogP contribution in [0.1, 0.15) is 39.7 Å². The minimum absolute atomic E-state index is 0. The summed E-state index contributed by atoms with van der Waals surface area (Å²) in [5.41, 5.74) is 7.20. The van der Waals surface area contributed by atoms with Crippen LogP contribution >= 0.6 is 24.0 Å². The Morgan fingerprint density at radius 3 is 2.52 bits per heavy atom. The number of nitrogens with zero attached hydrogens (tertiary/aromatic N) is 2. The van der Waals surface area contributed by atoms with E-state index in [0.717, 1.165) is 58.2 Å². The van der Waals surface area contributed by atoms with Crippen LogP contribution < -0.4 is 15.8 Å². The van der Waals surface area contributed by atoms with Crippen molar-refractivity contribution in [2.75, 3.05) is 52.5 Å². The molecule has 1 fully saturated rings. The second-order valence-electron chi connectivity index (χ2n) is 8.55. The first kappa shape index (κ1) is 26.0. The molecule has 166 valence electrons. The fraction of sp³-hybridized carbons (Fsp3) is 0.682. The van der Waals surface area contributed by atoms with Crippen LogP contribution in [-0.4, -0.2) is 63.4 Å². The predicted octanol–water partition coefficient (Wildman–Crippen LogP) is 3.24. The second-order valence-corrected chi connectivity index (χ2v) is 8.55. The van der Waals surface area contributed by atoms with Crippen molar-refractivity contribution in [3.05, 3.63) is 29.8 Å². The molecule has 2 rings (SSSR count). The van der Waals surface area contributed by atoms with Gasteiger partial charge in [0.2, 0.25) is 0 Å². The summed E-state index contributed by atoms with van der Waals surface area (Å²) in [7, 11) is 0. The Morgan fingerprint density at radius 1 is 1.24 bits per heavy atom. The SMILES string of the molecule is CC(C)COc1ccc(C(C)(C)CN=C(N)NCCCN2CCOCC2)cc1.I. The van der Waals surface area contributed by atoms with Crippen LogP contribution in [0.3, 0.4) is 0 Å². The molecule has 6 nitrogen and oxygen atoms in total. The Hall–Kier alpha value is -1.06. The maximum Gasteiger partial charge on any atom is 0.188 e. The van der Waals surface area contributed by atoms with Crippen LogP contribution in [0.15, 0.2) is 29.3 Å². The van der Waals surface area contributed by atoms with Gasteiger partial charge in [-0.1, -0.05) is 39.8 Å². The third-order valence-corrected chi connectivity index (χ3v) is 4.92. The highest BCUT2D eigenvalue weighted by Crippen LogP contribution is 2.25.